The van der Waals surface area contributed by atoms with Gasteiger partial charge in [0, 0.05) is 10.6 Å². The largest absolute Gasteiger partial charge is 0.339 e. The summed E-state index contributed by atoms with van der Waals surface area (Å²) in [5, 5.41) is 8.65. The molecule has 5 heteroatoms. The molecule has 0 unspecified atom stereocenters. The van der Waals surface area contributed by atoms with Gasteiger partial charge in [-0.3, -0.25) is 0 Å². The van der Waals surface area contributed by atoms with E-state index in [1.54, 1.807) is 17.6 Å². The minimum atomic E-state index is -0.342. The van der Waals surface area contributed by atoms with Crippen molar-refractivity contribution in [3.63, 3.8) is 0 Å². The summed E-state index contributed by atoms with van der Waals surface area (Å²) < 4.78 is 0. The zero-order chi connectivity index (χ0) is 13.7. The van der Waals surface area contributed by atoms with Crippen molar-refractivity contribution >= 4 is 29.3 Å². The van der Waals surface area contributed by atoms with Crippen molar-refractivity contribution in [2.45, 2.75) is 13.8 Å². The third-order valence-corrected chi connectivity index (χ3v) is 3.43. The molecule has 0 bridgehead atoms. The van der Waals surface area contributed by atoms with E-state index in [9.17, 15) is 4.79 Å². The molecule has 2 amide bonds. The molecule has 4 nitrogen and oxygen atoms in total. The summed E-state index contributed by atoms with van der Waals surface area (Å²) in [6, 6.07) is 9.39. The molecule has 2 aromatic rings. The maximum Gasteiger partial charge on any atom is 0.339 e. The van der Waals surface area contributed by atoms with Crippen LogP contribution in [0.4, 0.5) is 10.5 Å². The van der Waals surface area contributed by atoms with Crippen LogP contribution < -0.4 is 10.7 Å². The molecule has 0 atom stereocenters. The average molecular weight is 273 g/mol. The molecule has 1 heterocycles. The fourth-order valence-corrected chi connectivity index (χ4v) is 2.26. The number of amides is 2. The van der Waals surface area contributed by atoms with E-state index >= 15 is 0 Å². The van der Waals surface area contributed by atoms with E-state index in [1.807, 2.05) is 49.6 Å². The van der Waals surface area contributed by atoms with Gasteiger partial charge in [0.1, 0.15) is 0 Å². The molecule has 98 valence electrons. The Balaban J connectivity index is 1.95. The Labute approximate surface area is 116 Å². The molecule has 0 aliphatic carbocycles. The minimum absolute atomic E-state index is 0.342. The van der Waals surface area contributed by atoms with Gasteiger partial charge in [0.15, 0.2) is 0 Å². The highest BCUT2D eigenvalue weighted by molar-refractivity contribution is 7.11. The van der Waals surface area contributed by atoms with Crippen LogP contribution in [0.25, 0.3) is 0 Å². The first-order chi connectivity index (χ1) is 9.16. The number of benzene rings is 1. The van der Waals surface area contributed by atoms with Gasteiger partial charge < -0.3 is 5.32 Å². The molecular weight excluding hydrogens is 258 g/mol. The zero-order valence-electron chi connectivity index (χ0n) is 10.8. The summed E-state index contributed by atoms with van der Waals surface area (Å²) in [6.07, 6.45) is 1.62. The topological polar surface area (TPSA) is 53.5 Å². The van der Waals surface area contributed by atoms with Crippen LogP contribution in [0, 0.1) is 13.8 Å². The van der Waals surface area contributed by atoms with Crippen molar-refractivity contribution < 1.29 is 4.79 Å². The lowest BCUT2D eigenvalue weighted by molar-refractivity contribution is 0.252. The Morgan fingerprint density at radius 3 is 2.58 bits per heavy atom. The van der Waals surface area contributed by atoms with Crippen molar-refractivity contribution in [2.24, 2.45) is 5.10 Å². The SMILES string of the molecule is Cc1cccc(C)c1NC(=O)NN=Cc1cccs1. The number of para-hydroxylation sites is 1. The van der Waals surface area contributed by atoms with E-state index in [0.717, 1.165) is 21.7 Å². The number of anilines is 1. The van der Waals surface area contributed by atoms with Gasteiger partial charge in [0.2, 0.25) is 0 Å². The Morgan fingerprint density at radius 2 is 1.95 bits per heavy atom. The van der Waals surface area contributed by atoms with Crippen molar-refractivity contribution in [2.75, 3.05) is 5.32 Å². The Hall–Kier alpha value is -2.14. The van der Waals surface area contributed by atoms with Gasteiger partial charge in [-0.25, -0.2) is 10.2 Å². The maximum absolute atomic E-state index is 11.7. The Bertz CT molecular complexity index is 570. The zero-order valence-corrected chi connectivity index (χ0v) is 11.6. The van der Waals surface area contributed by atoms with E-state index < -0.39 is 0 Å². The number of nitrogens with one attached hydrogen (secondary N) is 2. The van der Waals surface area contributed by atoms with Gasteiger partial charge in [-0.05, 0) is 36.4 Å². The molecule has 0 aliphatic heterocycles. The second-order valence-corrected chi connectivity index (χ2v) is 5.09. The minimum Gasteiger partial charge on any atom is -0.306 e. The lowest BCUT2D eigenvalue weighted by Crippen LogP contribution is -2.25. The average Bonchev–Trinajstić information content (AvgIpc) is 2.87. The van der Waals surface area contributed by atoms with E-state index in [-0.39, 0.29) is 6.03 Å². The van der Waals surface area contributed by atoms with Crippen LogP contribution in [-0.2, 0) is 0 Å². The molecule has 0 radical (unpaired) electrons. The fraction of sp³-hybridized carbons (Fsp3) is 0.143. The third-order valence-electron chi connectivity index (χ3n) is 2.62. The molecule has 2 N–H and O–H groups in total. The number of hydrogen-bond acceptors (Lipinski definition) is 3. The summed E-state index contributed by atoms with van der Waals surface area (Å²) in [5.41, 5.74) is 5.33. The Kier molecular flexibility index (Phi) is 4.30. The van der Waals surface area contributed by atoms with Crippen LogP contribution in [0.5, 0.6) is 0 Å². The molecule has 2 rings (SSSR count). The van der Waals surface area contributed by atoms with E-state index in [1.165, 1.54) is 0 Å². The number of carbonyl (C=O) groups is 1. The molecule has 1 aromatic carbocycles. The molecule has 0 saturated carbocycles. The third kappa shape index (κ3) is 3.66. The first-order valence-electron chi connectivity index (χ1n) is 5.86. The van der Waals surface area contributed by atoms with Gasteiger partial charge in [-0.1, -0.05) is 24.3 Å². The quantitative estimate of drug-likeness (QED) is 0.652. The predicted molar refractivity (Wildman–Crippen MR) is 80.0 cm³/mol. The molecule has 0 saturated heterocycles. The van der Waals surface area contributed by atoms with Crippen molar-refractivity contribution in [1.82, 2.24) is 5.43 Å². The lowest BCUT2D eigenvalue weighted by atomic mass is 10.1. The van der Waals surface area contributed by atoms with Crippen LogP contribution in [0.3, 0.4) is 0 Å². The van der Waals surface area contributed by atoms with Gasteiger partial charge in [-0.2, -0.15) is 5.10 Å². The van der Waals surface area contributed by atoms with E-state index in [0.29, 0.717) is 0 Å². The number of thiophene rings is 1. The van der Waals surface area contributed by atoms with Gasteiger partial charge in [0.25, 0.3) is 0 Å². The smallest absolute Gasteiger partial charge is 0.306 e. The van der Waals surface area contributed by atoms with Crippen LogP contribution in [-0.4, -0.2) is 12.2 Å². The van der Waals surface area contributed by atoms with Gasteiger partial charge in [-0.15, -0.1) is 11.3 Å². The number of aryl methyl sites for hydroxylation is 2. The first-order valence-corrected chi connectivity index (χ1v) is 6.74. The van der Waals surface area contributed by atoms with Crippen LogP contribution in [0.15, 0.2) is 40.8 Å². The highest BCUT2D eigenvalue weighted by atomic mass is 32.1. The number of rotatable bonds is 3. The highest BCUT2D eigenvalue weighted by Crippen LogP contribution is 2.18. The van der Waals surface area contributed by atoms with Gasteiger partial charge >= 0.3 is 6.03 Å². The van der Waals surface area contributed by atoms with Crippen molar-refractivity contribution in [3.8, 4) is 0 Å². The molecule has 0 spiro atoms. The van der Waals surface area contributed by atoms with Crippen LogP contribution >= 0.6 is 11.3 Å². The van der Waals surface area contributed by atoms with Crippen molar-refractivity contribution in [3.05, 3.63) is 51.7 Å². The number of hydrogen-bond donors (Lipinski definition) is 2. The van der Waals surface area contributed by atoms with Crippen LogP contribution in [0.2, 0.25) is 0 Å². The summed E-state index contributed by atoms with van der Waals surface area (Å²) in [7, 11) is 0. The highest BCUT2D eigenvalue weighted by Gasteiger charge is 2.05. The molecule has 0 fully saturated rings. The monoisotopic (exact) mass is 273 g/mol. The second-order valence-electron chi connectivity index (χ2n) is 4.11. The standard InChI is InChI=1S/C14H15N3OS/c1-10-5-3-6-11(2)13(10)16-14(18)17-15-9-12-7-4-8-19-12/h3-9H,1-2H3,(H2,16,17,18). The van der Waals surface area contributed by atoms with E-state index in [4.69, 9.17) is 0 Å². The molecule has 19 heavy (non-hydrogen) atoms. The number of hydrazone groups is 1. The fourth-order valence-electron chi connectivity index (χ4n) is 1.67. The molecule has 1 aromatic heterocycles. The summed E-state index contributed by atoms with van der Waals surface area (Å²) in [6.45, 7) is 3.91. The number of urea groups is 1. The van der Waals surface area contributed by atoms with Gasteiger partial charge in [0.05, 0.1) is 6.21 Å². The Morgan fingerprint density at radius 1 is 1.21 bits per heavy atom. The van der Waals surface area contributed by atoms with Crippen LogP contribution in [0.1, 0.15) is 16.0 Å². The lowest BCUT2D eigenvalue weighted by Gasteiger charge is -2.10. The van der Waals surface area contributed by atoms with Crippen molar-refractivity contribution in [1.29, 1.82) is 0 Å². The summed E-state index contributed by atoms with van der Waals surface area (Å²) in [5.74, 6) is 0. The second kappa shape index (κ2) is 6.15. The van der Waals surface area contributed by atoms with E-state index in [2.05, 4.69) is 15.8 Å². The predicted octanol–water partition coefficient (Wildman–Crippen LogP) is 3.52. The number of nitrogens with zero attached hydrogens (tertiary/aromatic N) is 1. The number of carbonyl (C=O) groups excluding carboxylic acids is 1. The molecular formula is C14H15N3OS. The summed E-state index contributed by atoms with van der Waals surface area (Å²) >= 11 is 1.56. The normalized spacial score (nSPS) is 10.6. The maximum atomic E-state index is 11.7. The molecule has 0 aliphatic rings. The summed E-state index contributed by atoms with van der Waals surface area (Å²) in [4.78, 5) is 12.7. The first kappa shape index (κ1) is 13.3.